The first kappa shape index (κ1) is 20.7. The normalized spacial score (nSPS) is 14.0. The lowest BCUT2D eigenvalue weighted by Gasteiger charge is -2.18. The summed E-state index contributed by atoms with van der Waals surface area (Å²) in [5, 5.41) is 12.2. The molecule has 0 saturated heterocycles. The fraction of sp³-hybridized carbons (Fsp3) is 0.600. The third kappa shape index (κ3) is 6.66. The van der Waals surface area contributed by atoms with Crippen molar-refractivity contribution in [1.82, 2.24) is 0 Å². The van der Waals surface area contributed by atoms with Gasteiger partial charge in [-0.2, -0.15) is 13.2 Å². The molecule has 138 valence electrons. The maximum absolute atomic E-state index is 13.1. The van der Waals surface area contributed by atoms with Crippen LogP contribution in [0.25, 0.3) is 0 Å². The number of halogens is 3. The number of aliphatic hydroxyl groups is 1. The molecule has 0 radical (unpaired) electrons. The van der Waals surface area contributed by atoms with Crippen molar-refractivity contribution in [3.8, 4) is 0 Å². The Hall–Kier alpha value is -1.32. The first-order chi connectivity index (χ1) is 10.9. The summed E-state index contributed by atoms with van der Waals surface area (Å²) < 4.78 is 67.4. The number of anilines is 1. The van der Waals surface area contributed by atoms with Crippen molar-refractivity contribution in [2.45, 2.75) is 31.0 Å². The van der Waals surface area contributed by atoms with Crippen LogP contribution in [0, 0.1) is 5.92 Å². The van der Waals surface area contributed by atoms with E-state index in [0.717, 1.165) is 18.4 Å². The van der Waals surface area contributed by atoms with Gasteiger partial charge < -0.3 is 15.2 Å². The number of aliphatic hydroxyl groups excluding tert-OH is 1. The summed E-state index contributed by atoms with van der Waals surface area (Å²) in [5.74, 6) is 0.283. The fourth-order valence-corrected chi connectivity index (χ4v) is 2.52. The van der Waals surface area contributed by atoms with Gasteiger partial charge in [0.2, 0.25) is 0 Å². The van der Waals surface area contributed by atoms with E-state index in [1.54, 1.807) is 0 Å². The van der Waals surface area contributed by atoms with Gasteiger partial charge in [0.15, 0.2) is 9.84 Å². The van der Waals surface area contributed by atoms with E-state index in [2.05, 4.69) is 5.32 Å². The van der Waals surface area contributed by atoms with E-state index in [-0.39, 0.29) is 24.8 Å². The van der Waals surface area contributed by atoms with Gasteiger partial charge in [-0.1, -0.05) is 13.8 Å². The van der Waals surface area contributed by atoms with Crippen LogP contribution in [0.2, 0.25) is 0 Å². The van der Waals surface area contributed by atoms with Crippen LogP contribution in [0.15, 0.2) is 23.1 Å². The lowest BCUT2D eigenvalue weighted by molar-refractivity contribution is -0.137. The molecule has 9 heteroatoms. The van der Waals surface area contributed by atoms with Crippen molar-refractivity contribution in [3.63, 3.8) is 0 Å². The molecule has 24 heavy (non-hydrogen) atoms. The summed E-state index contributed by atoms with van der Waals surface area (Å²) in [5.41, 5.74) is -1.39. The number of hydrogen-bond acceptors (Lipinski definition) is 5. The second kappa shape index (κ2) is 8.17. The Kier molecular flexibility index (Phi) is 7.06. The van der Waals surface area contributed by atoms with Crippen LogP contribution in [0.3, 0.4) is 0 Å². The molecule has 0 aromatic heterocycles. The topological polar surface area (TPSA) is 75.6 Å². The van der Waals surface area contributed by atoms with Gasteiger partial charge in [0.25, 0.3) is 0 Å². The highest BCUT2D eigenvalue weighted by Crippen LogP contribution is 2.36. The Balaban J connectivity index is 2.84. The van der Waals surface area contributed by atoms with Gasteiger partial charge in [-0.3, -0.25) is 0 Å². The zero-order valence-corrected chi connectivity index (χ0v) is 14.5. The molecule has 0 aliphatic heterocycles. The lowest BCUT2D eigenvalue weighted by atomic mass is 10.1. The van der Waals surface area contributed by atoms with Crippen molar-refractivity contribution in [2.75, 3.05) is 31.3 Å². The predicted octanol–water partition coefficient (Wildman–Crippen LogP) is 2.55. The van der Waals surface area contributed by atoms with Crippen molar-refractivity contribution in [3.05, 3.63) is 23.8 Å². The smallest absolute Gasteiger partial charge is 0.389 e. The Morgan fingerprint density at radius 2 is 1.88 bits per heavy atom. The molecular formula is C15H22F3NO4S. The molecule has 0 aliphatic carbocycles. The van der Waals surface area contributed by atoms with Gasteiger partial charge in [0.05, 0.1) is 23.2 Å². The zero-order chi connectivity index (χ0) is 18.5. The van der Waals surface area contributed by atoms with Gasteiger partial charge in [-0.15, -0.1) is 0 Å². The SMILES string of the molecule is CC(C)COCC(O)CNc1ccc(S(C)(=O)=O)cc1C(F)(F)F. The third-order valence-corrected chi connectivity index (χ3v) is 4.12. The molecule has 0 amide bonds. The van der Waals surface area contributed by atoms with E-state index in [0.29, 0.717) is 12.7 Å². The van der Waals surface area contributed by atoms with Crippen LogP contribution in [0.1, 0.15) is 19.4 Å². The highest BCUT2D eigenvalue weighted by Gasteiger charge is 2.34. The Labute approximate surface area is 139 Å². The highest BCUT2D eigenvalue weighted by molar-refractivity contribution is 7.90. The maximum Gasteiger partial charge on any atom is 0.418 e. The predicted molar refractivity (Wildman–Crippen MR) is 84.7 cm³/mol. The summed E-state index contributed by atoms with van der Waals surface area (Å²) in [6.45, 7) is 4.15. The largest absolute Gasteiger partial charge is 0.418 e. The molecule has 0 spiro atoms. The minimum atomic E-state index is -4.72. The molecule has 1 unspecified atom stereocenters. The molecule has 0 heterocycles. The van der Waals surface area contributed by atoms with E-state index in [1.165, 1.54) is 0 Å². The van der Waals surface area contributed by atoms with Gasteiger partial charge in [0.1, 0.15) is 0 Å². The highest BCUT2D eigenvalue weighted by atomic mass is 32.2. The monoisotopic (exact) mass is 369 g/mol. The van der Waals surface area contributed by atoms with E-state index in [4.69, 9.17) is 4.74 Å². The van der Waals surface area contributed by atoms with Gasteiger partial charge in [-0.05, 0) is 24.1 Å². The van der Waals surface area contributed by atoms with Crippen molar-refractivity contribution >= 4 is 15.5 Å². The minimum Gasteiger partial charge on any atom is -0.389 e. The van der Waals surface area contributed by atoms with Gasteiger partial charge in [0, 0.05) is 25.1 Å². The third-order valence-electron chi connectivity index (χ3n) is 3.01. The summed E-state index contributed by atoms with van der Waals surface area (Å²) in [6.07, 6.45) is -4.87. The van der Waals surface area contributed by atoms with Crippen molar-refractivity contribution in [1.29, 1.82) is 0 Å². The van der Waals surface area contributed by atoms with Crippen LogP contribution in [0.4, 0.5) is 18.9 Å². The molecule has 5 nitrogen and oxygen atoms in total. The molecule has 0 saturated carbocycles. The number of rotatable bonds is 8. The second-order valence-electron chi connectivity index (χ2n) is 5.94. The van der Waals surface area contributed by atoms with E-state index >= 15 is 0 Å². The summed E-state index contributed by atoms with van der Waals surface area (Å²) in [6, 6.07) is 2.72. The van der Waals surface area contributed by atoms with Crippen molar-refractivity contribution in [2.24, 2.45) is 5.92 Å². The number of benzene rings is 1. The van der Waals surface area contributed by atoms with Gasteiger partial charge in [-0.25, -0.2) is 8.42 Å². The average molecular weight is 369 g/mol. The van der Waals surface area contributed by atoms with Crippen LogP contribution in [-0.2, 0) is 20.8 Å². The molecule has 1 aromatic carbocycles. The molecule has 1 aromatic rings. The van der Waals surface area contributed by atoms with Crippen LogP contribution < -0.4 is 5.32 Å². The number of hydrogen-bond donors (Lipinski definition) is 2. The van der Waals surface area contributed by atoms with Gasteiger partial charge >= 0.3 is 6.18 Å². The van der Waals surface area contributed by atoms with E-state index in [9.17, 15) is 26.7 Å². The quantitative estimate of drug-likeness (QED) is 0.737. The van der Waals surface area contributed by atoms with E-state index < -0.39 is 32.6 Å². The summed E-state index contributed by atoms with van der Waals surface area (Å²) in [4.78, 5) is -0.416. The number of alkyl halides is 3. The maximum atomic E-state index is 13.1. The van der Waals surface area contributed by atoms with E-state index in [1.807, 2.05) is 13.8 Å². The molecule has 1 rings (SSSR count). The zero-order valence-electron chi connectivity index (χ0n) is 13.7. The molecule has 0 bridgehead atoms. The molecule has 1 atom stereocenters. The number of sulfone groups is 1. The number of nitrogens with one attached hydrogen (secondary N) is 1. The second-order valence-corrected chi connectivity index (χ2v) is 7.96. The summed E-state index contributed by atoms with van der Waals surface area (Å²) in [7, 11) is -3.75. The fourth-order valence-electron chi connectivity index (χ4n) is 1.87. The van der Waals surface area contributed by atoms with Crippen LogP contribution in [-0.4, -0.2) is 45.6 Å². The Bertz CT molecular complexity index is 645. The average Bonchev–Trinajstić information content (AvgIpc) is 2.42. The Morgan fingerprint density at radius 1 is 1.25 bits per heavy atom. The molecular weight excluding hydrogens is 347 g/mol. The number of ether oxygens (including phenoxy) is 1. The minimum absolute atomic E-state index is 0.00600. The first-order valence-electron chi connectivity index (χ1n) is 7.32. The molecule has 0 fully saturated rings. The van der Waals surface area contributed by atoms with Crippen LogP contribution in [0.5, 0.6) is 0 Å². The van der Waals surface area contributed by atoms with Crippen molar-refractivity contribution < 1.29 is 31.4 Å². The summed E-state index contributed by atoms with van der Waals surface area (Å²) >= 11 is 0. The molecule has 0 aliphatic rings. The first-order valence-corrected chi connectivity index (χ1v) is 9.21. The lowest BCUT2D eigenvalue weighted by Crippen LogP contribution is -2.26. The molecule has 2 N–H and O–H groups in total. The van der Waals surface area contributed by atoms with Crippen LogP contribution >= 0.6 is 0 Å². The standard InChI is InChI=1S/C15H22F3NO4S/c1-10(2)8-23-9-11(20)7-19-14-5-4-12(24(3,21)22)6-13(14)15(16,17)18/h4-6,10-11,19-20H,7-9H2,1-3H3. The Morgan fingerprint density at radius 3 is 2.38 bits per heavy atom.